The van der Waals surface area contributed by atoms with Crippen molar-refractivity contribution in [3.05, 3.63) is 48.6 Å². The number of esters is 4. The molecular weight excluding hydrogens is 1200 g/mol. The Morgan fingerprint density at radius 2 is 0.593 bits per heavy atom. The molecular formula is C72H132O17P2. The van der Waals surface area contributed by atoms with Crippen LogP contribution >= 0.6 is 15.6 Å². The molecule has 0 radical (unpaired) electrons. The van der Waals surface area contributed by atoms with Gasteiger partial charge in [0.1, 0.15) is 19.3 Å². The SMILES string of the molecule is CCCCCC/C=C\C=C/CCCCCCCC(=O)OC[C@H](COP(=O)(O)OC[C@@H](O)COP(=O)(O)OC[C@@H](COC(=O)CCCCCCCCC(C)C)OC(=O)CCCCCCCCCCCC(C)C)OC(=O)CCCCCCC/C=C\C=C/CCCCCC. The normalized spacial score (nSPS) is 14.5. The maximum atomic E-state index is 13.0. The molecule has 17 nitrogen and oxygen atoms in total. The van der Waals surface area contributed by atoms with Gasteiger partial charge in [-0.1, -0.05) is 264 Å². The maximum absolute atomic E-state index is 13.0. The van der Waals surface area contributed by atoms with Gasteiger partial charge in [-0.05, 0) is 88.9 Å². The number of rotatable bonds is 67. The van der Waals surface area contributed by atoms with Gasteiger partial charge in [-0.25, -0.2) is 9.13 Å². The third-order valence-corrected chi connectivity index (χ3v) is 17.4. The van der Waals surface area contributed by atoms with Crippen LogP contribution in [-0.4, -0.2) is 96.7 Å². The highest BCUT2D eigenvalue weighted by Gasteiger charge is 2.30. The van der Waals surface area contributed by atoms with Crippen molar-refractivity contribution in [2.24, 2.45) is 11.8 Å². The molecule has 0 heterocycles. The molecule has 19 heteroatoms. The monoisotopic (exact) mass is 1330 g/mol. The molecule has 0 bridgehead atoms. The summed E-state index contributed by atoms with van der Waals surface area (Å²) >= 11 is 0. The summed E-state index contributed by atoms with van der Waals surface area (Å²) in [6.07, 6.45) is 54.5. The van der Waals surface area contributed by atoms with Gasteiger partial charge in [-0.2, -0.15) is 0 Å². The highest BCUT2D eigenvalue weighted by Crippen LogP contribution is 2.45. The second-order valence-electron chi connectivity index (χ2n) is 25.6. The van der Waals surface area contributed by atoms with E-state index in [0.717, 1.165) is 134 Å². The van der Waals surface area contributed by atoms with Crippen molar-refractivity contribution in [1.82, 2.24) is 0 Å². The van der Waals surface area contributed by atoms with Crippen LogP contribution in [0.5, 0.6) is 0 Å². The average Bonchev–Trinajstić information content (AvgIpc) is 3.73. The van der Waals surface area contributed by atoms with Gasteiger partial charge in [0.15, 0.2) is 12.2 Å². The summed E-state index contributed by atoms with van der Waals surface area (Å²) in [5.41, 5.74) is 0. The molecule has 3 N–H and O–H groups in total. The second-order valence-corrected chi connectivity index (χ2v) is 28.5. The van der Waals surface area contributed by atoms with Gasteiger partial charge in [0.25, 0.3) is 0 Å². The van der Waals surface area contributed by atoms with E-state index < -0.39 is 97.5 Å². The summed E-state index contributed by atoms with van der Waals surface area (Å²) in [6.45, 7) is 9.31. The number of carbonyl (C=O) groups is 4. The predicted octanol–water partition coefficient (Wildman–Crippen LogP) is 19.9. The Balaban J connectivity index is 5.32. The molecule has 0 aliphatic rings. The number of aliphatic hydroxyl groups excluding tert-OH is 1. The van der Waals surface area contributed by atoms with Crippen molar-refractivity contribution in [1.29, 1.82) is 0 Å². The molecule has 0 rings (SSSR count). The van der Waals surface area contributed by atoms with Crippen LogP contribution in [0, 0.1) is 11.8 Å². The number of phosphoric ester groups is 2. The molecule has 2 unspecified atom stereocenters. The fourth-order valence-corrected chi connectivity index (χ4v) is 11.4. The van der Waals surface area contributed by atoms with Crippen LogP contribution in [0.2, 0.25) is 0 Å². The lowest BCUT2D eigenvalue weighted by Gasteiger charge is -2.21. The smallest absolute Gasteiger partial charge is 0.462 e. The van der Waals surface area contributed by atoms with Crippen LogP contribution < -0.4 is 0 Å². The molecule has 0 aliphatic heterocycles. The Bertz CT molecular complexity index is 1960. The molecule has 91 heavy (non-hydrogen) atoms. The van der Waals surface area contributed by atoms with Crippen LogP contribution in [-0.2, 0) is 65.4 Å². The van der Waals surface area contributed by atoms with Crippen LogP contribution in [0.15, 0.2) is 48.6 Å². The fraction of sp³-hybridized carbons (Fsp3) is 0.833. The van der Waals surface area contributed by atoms with Crippen molar-refractivity contribution >= 4 is 39.5 Å². The Morgan fingerprint density at radius 3 is 0.890 bits per heavy atom. The number of unbranched alkanes of at least 4 members (excludes halogenated alkanes) is 31. The lowest BCUT2D eigenvalue weighted by molar-refractivity contribution is -0.161. The number of phosphoric acid groups is 2. The standard InChI is InChI=1S/C72H132O17P2/c1-7-9-11-13-15-17-19-21-23-25-27-31-35-42-48-54-69(74)82-60-67(88-71(76)56-50-44-36-32-28-26-24-22-20-18-16-14-12-10-8-2)62-86-90(78,79)84-58-66(73)59-85-91(80,81)87-63-68(61-83-70(75)55-49-43-39-38-41-47-53-65(5)6)89-72(77)57-51-45-37-33-29-30-34-40-46-52-64(3)4/h17-24,64-68,73H,7-16,25-63H2,1-6H3,(H,78,79)(H,80,81)/b19-17-,20-18-,23-21-,24-22-/t66-,67-,68-/m1/s1. The zero-order valence-electron chi connectivity index (χ0n) is 58.1. The van der Waals surface area contributed by atoms with Gasteiger partial charge in [-0.3, -0.25) is 37.3 Å². The van der Waals surface area contributed by atoms with E-state index in [2.05, 4.69) is 90.2 Å². The van der Waals surface area contributed by atoms with Gasteiger partial charge in [0.2, 0.25) is 0 Å². The number of hydrogen-bond acceptors (Lipinski definition) is 15. The quantitative estimate of drug-likeness (QED) is 0.0169. The lowest BCUT2D eigenvalue weighted by Crippen LogP contribution is -2.30. The van der Waals surface area contributed by atoms with E-state index in [0.29, 0.717) is 31.6 Å². The molecule has 0 fully saturated rings. The number of carbonyl (C=O) groups excluding carboxylic acids is 4. The van der Waals surface area contributed by atoms with E-state index in [1.54, 1.807) is 0 Å². The maximum Gasteiger partial charge on any atom is 0.472 e. The summed E-state index contributed by atoms with van der Waals surface area (Å²) in [4.78, 5) is 72.5. The highest BCUT2D eigenvalue weighted by atomic mass is 31.2. The van der Waals surface area contributed by atoms with Gasteiger partial charge in [-0.15, -0.1) is 0 Å². The molecule has 5 atom stereocenters. The summed E-state index contributed by atoms with van der Waals surface area (Å²) in [7, 11) is -9.93. The Morgan fingerprint density at radius 1 is 0.341 bits per heavy atom. The first-order chi connectivity index (χ1) is 43.9. The first kappa shape index (κ1) is 88.0. The molecule has 0 aromatic heterocycles. The van der Waals surface area contributed by atoms with Crippen molar-refractivity contribution in [2.75, 3.05) is 39.6 Å². The molecule has 0 aliphatic carbocycles. The van der Waals surface area contributed by atoms with Gasteiger partial charge in [0, 0.05) is 25.7 Å². The molecule has 0 aromatic carbocycles. The zero-order valence-corrected chi connectivity index (χ0v) is 59.9. The fourth-order valence-electron chi connectivity index (χ4n) is 9.87. The van der Waals surface area contributed by atoms with Gasteiger partial charge >= 0.3 is 39.5 Å². The first-order valence-electron chi connectivity index (χ1n) is 36.1. The van der Waals surface area contributed by atoms with Crippen LogP contribution in [0.25, 0.3) is 0 Å². The lowest BCUT2D eigenvalue weighted by atomic mass is 10.0. The zero-order chi connectivity index (χ0) is 67.2. The van der Waals surface area contributed by atoms with E-state index in [4.69, 9.17) is 37.0 Å². The van der Waals surface area contributed by atoms with Gasteiger partial charge in [0.05, 0.1) is 26.4 Å². The molecule has 0 saturated carbocycles. The largest absolute Gasteiger partial charge is 0.472 e. The summed E-state index contributed by atoms with van der Waals surface area (Å²) in [5.74, 6) is -0.777. The minimum atomic E-state index is -4.97. The topological polar surface area (TPSA) is 237 Å². The third-order valence-electron chi connectivity index (χ3n) is 15.5. The van der Waals surface area contributed by atoms with Crippen molar-refractivity contribution in [3.63, 3.8) is 0 Å². The van der Waals surface area contributed by atoms with Crippen LogP contribution in [0.1, 0.15) is 318 Å². The highest BCUT2D eigenvalue weighted by molar-refractivity contribution is 7.47. The predicted molar refractivity (Wildman–Crippen MR) is 367 cm³/mol. The minimum absolute atomic E-state index is 0.0777. The summed E-state index contributed by atoms with van der Waals surface area (Å²) in [5, 5.41) is 10.6. The first-order valence-corrected chi connectivity index (χ1v) is 39.1. The van der Waals surface area contributed by atoms with E-state index in [9.17, 15) is 43.2 Å². The Hall–Kier alpha value is -2.98. The Labute approximate surface area is 553 Å². The minimum Gasteiger partial charge on any atom is -0.462 e. The number of ether oxygens (including phenoxy) is 4. The van der Waals surface area contributed by atoms with E-state index in [-0.39, 0.29) is 25.7 Å². The summed E-state index contributed by atoms with van der Waals surface area (Å²) < 4.78 is 68.2. The van der Waals surface area contributed by atoms with Crippen molar-refractivity contribution in [2.45, 2.75) is 336 Å². The van der Waals surface area contributed by atoms with Crippen LogP contribution in [0.4, 0.5) is 0 Å². The molecule has 0 aromatic rings. The Kier molecular flexibility index (Phi) is 61.0. The average molecular weight is 1330 g/mol. The second kappa shape index (κ2) is 63.1. The van der Waals surface area contributed by atoms with E-state index in [1.807, 2.05) is 0 Å². The third kappa shape index (κ3) is 65.5. The molecule has 0 saturated heterocycles. The van der Waals surface area contributed by atoms with Crippen molar-refractivity contribution in [3.8, 4) is 0 Å². The number of hydrogen-bond donors (Lipinski definition) is 3. The molecule has 532 valence electrons. The van der Waals surface area contributed by atoms with E-state index >= 15 is 0 Å². The van der Waals surface area contributed by atoms with Crippen molar-refractivity contribution < 1.29 is 80.2 Å². The molecule has 0 amide bonds. The van der Waals surface area contributed by atoms with Crippen LogP contribution in [0.3, 0.4) is 0 Å². The van der Waals surface area contributed by atoms with Gasteiger partial charge < -0.3 is 33.8 Å². The van der Waals surface area contributed by atoms with E-state index in [1.165, 1.54) is 96.3 Å². The number of allylic oxidation sites excluding steroid dienone is 8. The summed E-state index contributed by atoms with van der Waals surface area (Å²) in [6, 6.07) is 0. The molecule has 0 spiro atoms. The number of aliphatic hydroxyl groups is 1.